The topological polar surface area (TPSA) is 123 Å². The zero-order valence-corrected chi connectivity index (χ0v) is 14.9. The quantitative estimate of drug-likeness (QED) is 0.498. The Morgan fingerprint density at radius 3 is 2.71 bits per heavy atom. The molecule has 0 aliphatic carbocycles. The number of guanidine groups is 1. The Morgan fingerprint density at radius 1 is 1.25 bits per heavy atom. The first-order chi connectivity index (χ1) is 11.4. The Balaban J connectivity index is 1.83. The molecule has 0 saturated heterocycles. The van der Waals surface area contributed by atoms with Crippen molar-refractivity contribution in [1.82, 2.24) is 10.3 Å². The van der Waals surface area contributed by atoms with E-state index in [-0.39, 0.29) is 24.2 Å². The Hall–Kier alpha value is -2.26. The second-order valence-corrected chi connectivity index (χ2v) is 7.31. The van der Waals surface area contributed by atoms with Crippen molar-refractivity contribution in [3.05, 3.63) is 38.0 Å². The number of hydrogen-bond acceptors (Lipinski definition) is 5. The van der Waals surface area contributed by atoms with E-state index in [1.807, 2.05) is 17.5 Å². The van der Waals surface area contributed by atoms with E-state index in [1.165, 1.54) is 11.8 Å². The molecule has 0 bridgehead atoms. The number of aryl methyl sites for hydroxylation is 2. The van der Waals surface area contributed by atoms with Crippen LogP contribution in [-0.2, 0) is 35.4 Å². The number of carbonyl (C=O) groups excluding carboxylic acids is 2. The zero-order valence-electron chi connectivity index (χ0n) is 13.2. The van der Waals surface area contributed by atoms with Gasteiger partial charge in [-0.3, -0.25) is 9.59 Å². The van der Waals surface area contributed by atoms with Crippen LogP contribution in [-0.4, -0.2) is 22.8 Å². The highest BCUT2D eigenvalue weighted by Crippen LogP contribution is 2.20. The largest absolute Gasteiger partial charge is 0.370 e. The van der Waals surface area contributed by atoms with E-state index >= 15 is 0 Å². The fourth-order valence-electron chi connectivity index (χ4n) is 1.98. The maximum Gasteiger partial charge on any atom is 0.254 e. The predicted octanol–water partition coefficient (Wildman–Crippen LogP) is 0.968. The third kappa shape index (κ3) is 6.09. The van der Waals surface area contributed by atoms with Crippen LogP contribution in [0.1, 0.15) is 27.4 Å². The van der Waals surface area contributed by atoms with Crippen molar-refractivity contribution in [1.29, 1.82) is 0 Å². The molecule has 0 unspecified atom stereocenters. The highest BCUT2D eigenvalue weighted by molar-refractivity contribution is 7.12. The highest BCUT2D eigenvalue weighted by atomic mass is 32.1. The van der Waals surface area contributed by atoms with Crippen molar-refractivity contribution in [2.75, 3.05) is 0 Å². The van der Waals surface area contributed by atoms with Gasteiger partial charge in [-0.15, -0.1) is 22.7 Å². The number of aromatic nitrogens is 1. The van der Waals surface area contributed by atoms with Gasteiger partial charge in [0, 0.05) is 22.1 Å². The summed E-state index contributed by atoms with van der Waals surface area (Å²) in [6.45, 7) is 1.96. The molecule has 24 heavy (non-hydrogen) atoms. The normalized spacial score (nSPS) is 10.4. The third-order valence-electron chi connectivity index (χ3n) is 3.01. The smallest absolute Gasteiger partial charge is 0.254 e. The molecule has 2 amide bonds. The monoisotopic (exact) mass is 365 g/mol. The molecule has 0 spiro atoms. The molecule has 0 fully saturated rings. The zero-order chi connectivity index (χ0) is 17.5. The number of nitrogens with zero attached hydrogens (tertiary/aromatic N) is 2. The lowest BCUT2D eigenvalue weighted by molar-refractivity contribution is -0.119. The molecule has 0 saturated carbocycles. The van der Waals surface area contributed by atoms with Crippen LogP contribution < -0.4 is 16.8 Å². The molecule has 128 valence electrons. The second kappa shape index (κ2) is 8.55. The van der Waals surface area contributed by atoms with Crippen LogP contribution in [0, 0.1) is 0 Å². The van der Waals surface area contributed by atoms with Crippen LogP contribution in [0.4, 0.5) is 0 Å². The molecule has 0 aliphatic rings. The fourth-order valence-corrected chi connectivity index (χ4v) is 3.76. The summed E-state index contributed by atoms with van der Waals surface area (Å²) < 4.78 is 0. The van der Waals surface area contributed by atoms with Crippen LogP contribution in [0.5, 0.6) is 0 Å². The standard InChI is InChI=1S/C15H19N5O2S2/c1-9(21)18-7-14-19-10(8-23-14)2-3-11-4-5-12(24-11)6-13(22)20-15(16)17/h4-5,8H,2-3,6-7H2,1H3,(H,18,21)(H4,16,17,20,22). The fraction of sp³-hybridized carbons (Fsp3) is 0.333. The van der Waals surface area contributed by atoms with Crippen LogP contribution in [0.2, 0.25) is 0 Å². The summed E-state index contributed by atoms with van der Waals surface area (Å²) in [5.41, 5.74) is 11.4. The highest BCUT2D eigenvalue weighted by Gasteiger charge is 2.08. The third-order valence-corrected chi connectivity index (χ3v) is 5.05. The molecule has 2 aromatic heterocycles. The van der Waals surface area contributed by atoms with Gasteiger partial charge in [0.25, 0.3) is 5.91 Å². The molecule has 9 heteroatoms. The first-order valence-electron chi connectivity index (χ1n) is 7.30. The summed E-state index contributed by atoms with van der Waals surface area (Å²) in [5, 5.41) is 5.64. The van der Waals surface area contributed by atoms with Gasteiger partial charge in [-0.25, -0.2) is 4.98 Å². The van der Waals surface area contributed by atoms with Crippen molar-refractivity contribution < 1.29 is 9.59 Å². The lowest BCUT2D eigenvalue weighted by Crippen LogP contribution is -2.24. The molecule has 0 atom stereocenters. The van der Waals surface area contributed by atoms with E-state index in [9.17, 15) is 9.59 Å². The first kappa shape index (κ1) is 18.1. The van der Waals surface area contributed by atoms with Gasteiger partial charge in [0.15, 0.2) is 5.96 Å². The summed E-state index contributed by atoms with van der Waals surface area (Å²) >= 11 is 3.12. The average Bonchev–Trinajstić information content (AvgIpc) is 3.11. The van der Waals surface area contributed by atoms with E-state index in [2.05, 4.69) is 15.3 Å². The number of thiazole rings is 1. The molecule has 5 N–H and O–H groups in total. The Kier molecular flexibility index (Phi) is 6.44. The van der Waals surface area contributed by atoms with Gasteiger partial charge in [-0.05, 0) is 25.0 Å². The van der Waals surface area contributed by atoms with Crippen LogP contribution >= 0.6 is 22.7 Å². The molecule has 2 rings (SSSR count). The number of nitrogens with two attached hydrogens (primary N) is 2. The number of nitrogens with one attached hydrogen (secondary N) is 1. The molecule has 0 radical (unpaired) electrons. The molecule has 0 aromatic carbocycles. The van der Waals surface area contributed by atoms with E-state index in [4.69, 9.17) is 11.5 Å². The summed E-state index contributed by atoms with van der Waals surface area (Å²) in [5.74, 6) is -0.617. The van der Waals surface area contributed by atoms with Gasteiger partial charge < -0.3 is 16.8 Å². The molecular weight excluding hydrogens is 346 g/mol. The van der Waals surface area contributed by atoms with E-state index < -0.39 is 0 Å². The lowest BCUT2D eigenvalue weighted by Gasteiger charge is -1.97. The van der Waals surface area contributed by atoms with E-state index in [0.717, 1.165) is 28.4 Å². The number of thiophene rings is 1. The van der Waals surface area contributed by atoms with Crippen molar-refractivity contribution in [2.24, 2.45) is 16.5 Å². The van der Waals surface area contributed by atoms with Crippen molar-refractivity contribution >= 4 is 40.4 Å². The minimum atomic E-state index is -0.342. The lowest BCUT2D eigenvalue weighted by atomic mass is 10.2. The second-order valence-electron chi connectivity index (χ2n) is 5.12. The molecular formula is C15H19N5O2S2. The molecule has 7 nitrogen and oxygen atoms in total. The van der Waals surface area contributed by atoms with Crippen molar-refractivity contribution in [3.8, 4) is 0 Å². The van der Waals surface area contributed by atoms with E-state index in [1.54, 1.807) is 22.7 Å². The summed E-state index contributed by atoms with van der Waals surface area (Å²) in [6, 6.07) is 3.93. The average molecular weight is 365 g/mol. The van der Waals surface area contributed by atoms with Crippen molar-refractivity contribution in [2.45, 2.75) is 32.7 Å². The minimum absolute atomic E-state index is 0.0619. The Labute approximate surface area is 147 Å². The van der Waals surface area contributed by atoms with Gasteiger partial charge in [0.05, 0.1) is 18.7 Å². The van der Waals surface area contributed by atoms with Gasteiger partial charge in [0.2, 0.25) is 5.91 Å². The molecule has 0 aliphatic heterocycles. The van der Waals surface area contributed by atoms with Gasteiger partial charge >= 0.3 is 0 Å². The first-order valence-corrected chi connectivity index (χ1v) is 8.99. The number of rotatable bonds is 7. The van der Waals surface area contributed by atoms with E-state index in [0.29, 0.717) is 6.54 Å². The molecule has 2 aromatic rings. The van der Waals surface area contributed by atoms with Gasteiger partial charge in [-0.2, -0.15) is 4.99 Å². The minimum Gasteiger partial charge on any atom is -0.370 e. The molecule has 2 heterocycles. The van der Waals surface area contributed by atoms with Crippen LogP contribution in [0.3, 0.4) is 0 Å². The number of hydrogen-bond donors (Lipinski definition) is 3. The number of amides is 2. The predicted molar refractivity (Wildman–Crippen MR) is 95.9 cm³/mol. The maximum absolute atomic E-state index is 11.5. The number of carbonyl (C=O) groups is 2. The summed E-state index contributed by atoms with van der Waals surface area (Å²) in [7, 11) is 0. The van der Waals surface area contributed by atoms with Crippen molar-refractivity contribution in [3.63, 3.8) is 0 Å². The number of aliphatic imine (C=N–C) groups is 1. The Morgan fingerprint density at radius 2 is 2.00 bits per heavy atom. The summed E-state index contributed by atoms with van der Waals surface area (Å²) in [4.78, 5) is 32.6. The Bertz CT molecular complexity index is 747. The van der Waals surface area contributed by atoms with Gasteiger partial charge in [-0.1, -0.05) is 0 Å². The van der Waals surface area contributed by atoms with Crippen LogP contribution in [0.25, 0.3) is 0 Å². The SMILES string of the molecule is CC(=O)NCc1nc(CCc2ccc(CC(=O)N=C(N)N)s2)cs1. The van der Waals surface area contributed by atoms with Gasteiger partial charge in [0.1, 0.15) is 5.01 Å². The van der Waals surface area contributed by atoms with Crippen LogP contribution in [0.15, 0.2) is 22.5 Å². The maximum atomic E-state index is 11.5. The summed E-state index contributed by atoms with van der Waals surface area (Å²) in [6.07, 6.45) is 1.88.